The fourth-order valence-corrected chi connectivity index (χ4v) is 3.77. The number of nitrogens with one attached hydrogen (secondary N) is 1. The first kappa shape index (κ1) is 12.7. The van der Waals surface area contributed by atoms with Crippen LogP contribution in [0.15, 0.2) is 0 Å². The van der Waals surface area contributed by atoms with Crippen molar-refractivity contribution in [2.45, 2.75) is 57.2 Å². The van der Waals surface area contributed by atoms with Crippen molar-refractivity contribution in [1.29, 1.82) is 0 Å². The molecule has 0 aromatic rings. The van der Waals surface area contributed by atoms with Gasteiger partial charge < -0.3 is 5.32 Å². The summed E-state index contributed by atoms with van der Waals surface area (Å²) in [6.07, 6.45) is 9.17. The maximum atomic E-state index is 3.86. The van der Waals surface area contributed by atoms with Gasteiger partial charge in [0.05, 0.1) is 0 Å². The highest BCUT2D eigenvalue weighted by Crippen LogP contribution is 2.27. The van der Waals surface area contributed by atoms with Crippen LogP contribution in [0, 0.1) is 0 Å². The van der Waals surface area contributed by atoms with E-state index >= 15 is 0 Å². The number of nitrogens with zero attached hydrogens (tertiary/aromatic N) is 1. The van der Waals surface area contributed by atoms with Gasteiger partial charge in [-0.2, -0.15) is 11.8 Å². The second-order valence-corrected chi connectivity index (χ2v) is 6.33. The molecule has 2 aliphatic rings. The summed E-state index contributed by atoms with van der Waals surface area (Å²) in [5.74, 6) is 1.29. The van der Waals surface area contributed by atoms with Gasteiger partial charge in [-0.05, 0) is 51.2 Å². The number of hydrogen-bond acceptors (Lipinski definition) is 3. The van der Waals surface area contributed by atoms with Crippen LogP contribution in [0.3, 0.4) is 0 Å². The molecule has 0 radical (unpaired) electrons. The third-order valence-corrected chi connectivity index (χ3v) is 4.75. The second-order valence-electron chi connectivity index (χ2n) is 5.34. The lowest BCUT2D eigenvalue weighted by molar-refractivity contribution is 0.177. The molecule has 0 aliphatic carbocycles. The van der Waals surface area contributed by atoms with Gasteiger partial charge in [0, 0.05) is 24.7 Å². The number of piperidine rings is 1. The molecule has 2 fully saturated rings. The molecule has 0 spiro atoms. The average Bonchev–Trinajstić information content (AvgIpc) is 2.70. The minimum absolute atomic E-state index is 0.694. The number of rotatable bonds is 5. The zero-order chi connectivity index (χ0) is 11.4. The lowest BCUT2D eigenvalue weighted by Gasteiger charge is -2.33. The highest BCUT2D eigenvalue weighted by molar-refractivity contribution is 7.98. The van der Waals surface area contributed by atoms with E-state index in [1.54, 1.807) is 0 Å². The minimum Gasteiger partial charge on any atom is -0.310 e. The van der Waals surface area contributed by atoms with Crippen LogP contribution in [0.1, 0.15) is 39.0 Å². The predicted octanol–water partition coefficient (Wildman–Crippen LogP) is 2.34. The Morgan fingerprint density at radius 1 is 1.31 bits per heavy atom. The molecule has 3 atom stereocenters. The second kappa shape index (κ2) is 6.27. The molecular weight excluding hydrogens is 216 g/mol. The molecule has 16 heavy (non-hydrogen) atoms. The maximum Gasteiger partial charge on any atom is 0.0249 e. The van der Waals surface area contributed by atoms with E-state index in [2.05, 4.69) is 23.4 Å². The molecule has 0 bridgehead atoms. The molecule has 0 saturated carbocycles. The van der Waals surface area contributed by atoms with Crippen molar-refractivity contribution in [2.75, 3.05) is 25.1 Å². The van der Waals surface area contributed by atoms with E-state index in [-0.39, 0.29) is 0 Å². The highest BCUT2D eigenvalue weighted by Gasteiger charge is 2.35. The van der Waals surface area contributed by atoms with Gasteiger partial charge in [-0.25, -0.2) is 0 Å². The van der Waals surface area contributed by atoms with Crippen molar-refractivity contribution in [2.24, 2.45) is 0 Å². The highest BCUT2D eigenvalue weighted by atomic mass is 32.2. The molecule has 94 valence electrons. The normalized spacial score (nSPS) is 32.6. The quantitative estimate of drug-likeness (QED) is 0.797. The lowest BCUT2D eigenvalue weighted by atomic mass is 9.98. The molecular formula is C13H26N2S. The van der Waals surface area contributed by atoms with Gasteiger partial charge in [0.25, 0.3) is 0 Å². The molecule has 2 rings (SSSR count). The molecule has 0 amide bonds. The van der Waals surface area contributed by atoms with Gasteiger partial charge in [0.15, 0.2) is 0 Å². The first-order valence-corrected chi connectivity index (χ1v) is 8.19. The van der Waals surface area contributed by atoms with Crippen molar-refractivity contribution < 1.29 is 0 Å². The van der Waals surface area contributed by atoms with Crippen LogP contribution in [-0.2, 0) is 0 Å². The van der Waals surface area contributed by atoms with Gasteiger partial charge in [0.2, 0.25) is 0 Å². The number of thioether (sulfide) groups is 1. The Bertz CT molecular complexity index is 210. The smallest absolute Gasteiger partial charge is 0.0249 e. The summed E-state index contributed by atoms with van der Waals surface area (Å²) >= 11 is 1.96. The van der Waals surface area contributed by atoms with E-state index < -0.39 is 0 Å². The van der Waals surface area contributed by atoms with Crippen LogP contribution in [0.25, 0.3) is 0 Å². The summed E-state index contributed by atoms with van der Waals surface area (Å²) in [4.78, 5) is 2.71. The van der Waals surface area contributed by atoms with Gasteiger partial charge in [-0.15, -0.1) is 0 Å². The molecule has 2 heterocycles. The van der Waals surface area contributed by atoms with Crippen LogP contribution in [0.2, 0.25) is 0 Å². The standard InChI is InChI=1S/C13H26N2S/c1-11(7-10-16-2)14-12-6-9-15-8-4-3-5-13(12)15/h11-14H,3-10H2,1-2H3. The SMILES string of the molecule is CSCCC(C)NC1CCN2CCCCC12. The zero-order valence-electron chi connectivity index (χ0n) is 10.7. The summed E-state index contributed by atoms with van der Waals surface area (Å²) in [5, 5.41) is 3.86. The van der Waals surface area contributed by atoms with Gasteiger partial charge in [-0.1, -0.05) is 6.42 Å². The monoisotopic (exact) mass is 242 g/mol. The Labute approximate surface area is 105 Å². The topological polar surface area (TPSA) is 15.3 Å². The van der Waals surface area contributed by atoms with E-state index in [1.807, 2.05) is 11.8 Å². The third kappa shape index (κ3) is 3.14. The summed E-state index contributed by atoms with van der Waals surface area (Å²) in [6.45, 7) is 5.03. The fraction of sp³-hybridized carbons (Fsp3) is 1.00. The lowest BCUT2D eigenvalue weighted by Crippen LogP contribution is -2.47. The average molecular weight is 242 g/mol. The minimum atomic E-state index is 0.694. The van der Waals surface area contributed by atoms with Crippen molar-refractivity contribution in [1.82, 2.24) is 10.2 Å². The van der Waals surface area contributed by atoms with Crippen molar-refractivity contribution in [3.05, 3.63) is 0 Å². The Kier molecular flexibility index (Phi) is 4.98. The molecule has 0 aromatic heterocycles. The summed E-state index contributed by atoms with van der Waals surface area (Å²) in [7, 11) is 0. The van der Waals surface area contributed by atoms with Crippen LogP contribution in [0.5, 0.6) is 0 Å². The van der Waals surface area contributed by atoms with E-state index in [4.69, 9.17) is 0 Å². The first-order valence-electron chi connectivity index (χ1n) is 6.80. The third-order valence-electron chi connectivity index (χ3n) is 4.11. The molecule has 2 aliphatic heterocycles. The zero-order valence-corrected chi connectivity index (χ0v) is 11.6. The van der Waals surface area contributed by atoms with Crippen LogP contribution >= 0.6 is 11.8 Å². The molecule has 3 heteroatoms. The van der Waals surface area contributed by atoms with Gasteiger partial charge >= 0.3 is 0 Å². The molecule has 2 saturated heterocycles. The molecule has 3 unspecified atom stereocenters. The van der Waals surface area contributed by atoms with Crippen LogP contribution < -0.4 is 5.32 Å². The Balaban J connectivity index is 1.76. The molecule has 0 aromatic carbocycles. The number of fused-ring (bicyclic) bond motifs is 1. The Morgan fingerprint density at radius 2 is 2.19 bits per heavy atom. The van der Waals surface area contributed by atoms with Crippen molar-refractivity contribution in [3.63, 3.8) is 0 Å². The Hall–Kier alpha value is 0.270. The van der Waals surface area contributed by atoms with E-state index in [9.17, 15) is 0 Å². The molecule has 2 nitrogen and oxygen atoms in total. The Morgan fingerprint density at radius 3 is 3.00 bits per heavy atom. The van der Waals surface area contributed by atoms with Crippen molar-refractivity contribution in [3.8, 4) is 0 Å². The van der Waals surface area contributed by atoms with E-state index in [0.29, 0.717) is 6.04 Å². The van der Waals surface area contributed by atoms with Crippen LogP contribution in [0.4, 0.5) is 0 Å². The van der Waals surface area contributed by atoms with Gasteiger partial charge in [0.1, 0.15) is 0 Å². The van der Waals surface area contributed by atoms with Crippen molar-refractivity contribution >= 4 is 11.8 Å². The number of hydrogen-bond donors (Lipinski definition) is 1. The molecule has 1 N–H and O–H groups in total. The first-order chi connectivity index (χ1) is 7.81. The maximum absolute atomic E-state index is 3.86. The van der Waals surface area contributed by atoms with Gasteiger partial charge in [-0.3, -0.25) is 4.90 Å². The summed E-state index contributed by atoms with van der Waals surface area (Å²) < 4.78 is 0. The largest absolute Gasteiger partial charge is 0.310 e. The van der Waals surface area contributed by atoms with E-state index in [1.165, 1.54) is 50.9 Å². The van der Waals surface area contributed by atoms with E-state index in [0.717, 1.165) is 12.1 Å². The predicted molar refractivity (Wildman–Crippen MR) is 73.2 cm³/mol. The fourth-order valence-electron chi connectivity index (χ4n) is 3.19. The summed E-state index contributed by atoms with van der Waals surface area (Å²) in [6, 6.07) is 2.32. The summed E-state index contributed by atoms with van der Waals surface area (Å²) in [5.41, 5.74) is 0. The van der Waals surface area contributed by atoms with Crippen LogP contribution in [-0.4, -0.2) is 48.1 Å².